The van der Waals surface area contributed by atoms with Crippen LogP contribution in [0.1, 0.15) is 23.1 Å². The Labute approximate surface area is 150 Å². The van der Waals surface area contributed by atoms with Crippen LogP contribution >= 0.6 is 0 Å². The maximum Gasteiger partial charge on any atom is 0.0530 e. The first-order chi connectivity index (χ1) is 12.3. The molecule has 0 aromatic heterocycles. The van der Waals surface area contributed by atoms with Crippen molar-refractivity contribution in [2.75, 3.05) is 6.54 Å². The molecule has 0 aliphatic heterocycles. The van der Waals surface area contributed by atoms with Gasteiger partial charge in [-0.1, -0.05) is 97.1 Å². The van der Waals surface area contributed by atoms with Crippen LogP contribution in [0, 0.1) is 0 Å². The molecule has 0 unspecified atom stereocenters. The van der Waals surface area contributed by atoms with Crippen LogP contribution in [0.4, 0.5) is 0 Å². The van der Waals surface area contributed by atoms with Gasteiger partial charge in [0.1, 0.15) is 0 Å². The Hall–Kier alpha value is -2.93. The topological polar surface area (TPSA) is 12.4 Å². The van der Waals surface area contributed by atoms with Crippen molar-refractivity contribution in [3.05, 3.63) is 120 Å². The van der Waals surface area contributed by atoms with Crippen molar-refractivity contribution in [1.82, 2.24) is 0 Å². The molecule has 0 spiro atoms. The van der Waals surface area contributed by atoms with Gasteiger partial charge >= 0.3 is 0 Å². The SMILES string of the molecule is C=CCC(CN=Cc1ccccc1)(c1ccccc1)c1ccccc1. The summed E-state index contributed by atoms with van der Waals surface area (Å²) in [7, 11) is 0. The first-order valence-electron chi connectivity index (χ1n) is 8.62. The van der Waals surface area contributed by atoms with E-state index in [1.165, 1.54) is 11.1 Å². The van der Waals surface area contributed by atoms with Crippen molar-refractivity contribution in [3.8, 4) is 0 Å². The lowest BCUT2D eigenvalue weighted by Crippen LogP contribution is -2.31. The van der Waals surface area contributed by atoms with Gasteiger partial charge in [0.05, 0.1) is 6.54 Å². The highest BCUT2D eigenvalue weighted by molar-refractivity contribution is 5.79. The molecule has 0 saturated carbocycles. The molecule has 0 radical (unpaired) electrons. The summed E-state index contributed by atoms with van der Waals surface area (Å²) in [5, 5.41) is 0. The summed E-state index contributed by atoms with van der Waals surface area (Å²) < 4.78 is 0. The molecule has 0 atom stereocenters. The minimum Gasteiger partial charge on any atom is -0.291 e. The van der Waals surface area contributed by atoms with Crippen LogP contribution in [0.5, 0.6) is 0 Å². The lowest BCUT2D eigenvalue weighted by molar-refractivity contribution is 0.536. The van der Waals surface area contributed by atoms with Crippen LogP contribution in [0.25, 0.3) is 0 Å². The highest BCUT2D eigenvalue weighted by atomic mass is 14.7. The first kappa shape index (κ1) is 16.9. The zero-order valence-corrected chi connectivity index (χ0v) is 14.4. The Kier molecular flexibility index (Phi) is 5.58. The van der Waals surface area contributed by atoms with Gasteiger partial charge in [-0.3, -0.25) is 4.99 Å². The number of allylic oxidation sites excluding steroid dienone is 1. The van der Waals surface area contributed by atoms with Gasteiger partial charge in [-0.05, 0) is 23.1 Å². The van der Waals surface area contributed by atoms with E-state index < -0.39 is 0 Å². The summed E-state index contributed by atoms with van der Waals surface area (Å²) >= 11 is 0. The third-order valence-electron chi connectivity index (χ3n) is 4.55. The van der Waals surface area contributed by atoms with Gasteiger partial charge in [0.15, 0.2) is 0 Å². The van der Waals surface area contributed by atoms with Crippen LogP contribution in [0.15, 0.2) is 109 Å². The highest BCUT2D eigenvalue weighted by Crippen LogP contribution is 2.36. The highest BCUT2D eigenvalue weighted by Gasteiger charge is 2.32. The molecule has 3 aromatic rings. The monoisotopic (exact) mass is 325 g/mol. The molecule has 0 bridgehead atoms. The Morgan fingerprint density at radius 1 is 0.720 bits per heavy atom. The minimum absolute atomic E-state index is 0.199. The molecule has 1 nitrogen and oxygen atoms in total. The van der Waals surface area contributed by atoms with Crippen molar-refractivity contribution in [3.63, 3.8) is 0 Å². The van der Waals surface area contributed by atoms with E-state index in [2.05, 4.69) is 79.4 Å². The van der Waals surface area contributed by atoms with Gasteiger partial charge < -0.3 is 0 Å². The summed E-state index contributed by atoms with van der Waals surface area (Å²) in [6.07, 6.45) is 4.80. The number of hydrogen-bond acceptors (Lipinski definition) is 1. The van der Waals surface area contributed by atoms with Crippen LogP contribution in [0.2, 0.25) is 0 Å². The first-order valence-corrected chi connectivity index (χ1v) is 8.62. The zero-order chi connectivity index (χ0) is 17.4. The smallest absolute Gasteiger partial charge is 0.0530 e. The Morgan fingerprint density at radius 3 is 1.68 bits per heavy atom. The molecular weight excluding hydrogens is 302 g/mol. The molecule has 0 aliphatic rings. The molecule has 0 amide bonds. The summed E-state index contributed by atoms with van der Waals surface area (Å²) in [5.41, 5.74) is 3.46. The fourth-order valence-electron chi connectivity index (χ4n) is 3.26. The van der Waals surface area contributed by atoms with Gasteiger partial charge in [-0.15, -0.1) is 6.58 Å². The summed E-state index contributed by atoms with van der Waals surface area (Å²) in [6, 6.07) is 31.5. The summed E-state index contributed by atoms with van der Waals surface area (Å²) in [5.74, 6) is 0. The second kappa shape index (κ2) is 8.25. The lowest BCUT2D eigenvalue weighted by Gasteiger charge is -2.33. The van der Waals surface area contributed by atoms with Gasteiger partial charge in [0.25, 0.3) is 0 Å². The number of benzene rings is 3. The van der Waals surface area contributed by atoms with E-state index in [9.17, 15) is 0 Å². The van der Waals surface area contributed by atoms with Crippen molar-refractivity contribution >= 4 is 6.21 Å². The molecule has 0 N–H and O–H groups in total. The third-order valence-corrected chi connectivity index (χ3v) is 4.55. The van der Waals surface area contributed by atoms with Crippen molar-refractivity contribution in [2.24, 2.45) is 4.99 Å². The average Bonchev–Trinajstić information content (AvgIpc) is 2.69. The molecule has 0 saturated heterocycles. The molecule has 3 aromatic carbocycles. The number of rotatable bonds is 7. The molecule has 3 rings (SSSR count). The number of aliphatic imine (C=N–C) groups is 1. The van der Waals surface area contributed by atoms with Gasteiger partial charge in [-0.25, -0.2) is 0 Å². The van der Waals surface area contributed by atoms with E-state index in [-0.39, 0.29) is 5.41 Å². The molecular formula is C24H23N. The van der Waals surface area contributed by atoms with Gasteiger partial charge in [-0.2, -0.15) is 0 Å². The van der Waals surface area contributed by atoms with Crippen LogP contribution in [-0.2, 0) is 5.41 Å². The Morgan fingerprint density at radius 2 is 1.20 bits per heavy atom. The van der Waals surface area contributed by atoms with Crippen LogP contribution in [-0.4, -0.2) is 12.8 Å². The van der Waals surface area contributed by atoms with E-state index in [4.69, 9.17) is 4.99 Å². The van der Waals surface area contributed by atoms with Crippen LogP contribution in [0.3, 0.4) is 0 Å². The van der Waals surface area contributed by atoms with E-state index in [1.807, 2.05) is 30.5 Å². The lowest BCUT2D eigenvalue weighted by atomic mass is 9.72. The molecule has 0 aliphatic carbocycles. The van der Waals surface area contributed by atoms with E-state index in [0.29, 0.717) is 6.54 Å². The Bertz CT molecular complexity index is 765. The van der Waals surface area contributed by atoms with Crippen LogP contribution < -0.4 is 0 Å². The van der Waals surface area contributed by atoms with E-state index in [0.717, 1.165) is 12.0 Å². The predicted octanol–water partition coefficient (Wildman–Crippen LogP) is 5.67. The second-order valence-electron chi connectivity index (χ2n) is 6.19. The number of nitrogens with zero attached hydrogens (tertiary/aromatic N) is 1. The van der Waals surface area contributed by atoms with Crippen molar-refractivity contribution in [1.29, 1.82) is 0 Å². The summed E-state index contributed by atoms with van der Waals surface area (Å²) in [4.78, 5) is 4.81. The Balaban J connectivity index is 2.01. The van der Waals surface area contributed by atoms with Crippen molar-refractivity contribution < 1.29 is 0 Å². The second-order valence-corrected chi connectivity index (χ2v) is 6.19. The standard InChI is InChI=1S/C24H23N/c1-2-18-24(22-14-8-4-9-15-22,23-16-10-5-11-17-23)20-25-19-21-12-6-3-7-13-21/h2-17,19H,1,18,20H2. The maximum atomic E-state index is 4.81. The van der Waals surface area contributed by atoms with Crippen molar-refractivity contribution in [2.45, 2.75) is 11.8 Å². The average molecular weight is 325 g/mol. The van der Waals surface area contributed by atoms with Gasteiger partial charge in [0.2, 0.25) is 0 Å². The third kappa shape index (κ3) is 3.95. The number of hydrogen-bond donors (Lipinski definition) is 0. The largest absolute Gasteiger partial charge is 0.291 e. The maximum absolute atomic E-state index is 4.81. The quantitative estimate of drug-likeness (QED) is 0.392. The minimum atomic E-state index is -0.199. The fraction of sp³-hybridized carbons (Fsp3) is 0.125. The molecule has 0 heterocycles. The zero-order valence-electron chi connectivity index (χ0n) is 14.4. The van der Waals surface area contributed by atoms with E-state index >= 15 is 0 Å². The molecule has 1 heteroatoms. The normalized spacial score (nSPS) is 11.5. The van der Waals surface area contributed by atoms with Gasteiger partial charge in [0, 0.05) is 11.6 Å². The van der Waals surface area contributed by atoms with E-state index in [1.54, 1.807) is 0 Å². The fourth-order valence-corrected chi connectivity index (χ4v) is 3.26. The molecule has 25 heavy (non-hydrogen) atoms. The summed E-state index contributed by atoms with van der Waals surface area (Å²) in [6.45, 7) is 4.69. The molecule has 124 valence electrons. The predicted molar refractivity (Wildman–Crippen MR) is 107 cm³/mol. The molecule has 0 fully saturated rings.